The summed E-state index contributed by atoms with van der Waals surface area (Å²) in [5, 5.41) is 4.32. The molecule has 3 heteroatoms. The number of pyridine rings is 1. The van der Waals surface area contributed by atoms with Crippen LogP contribution in [0.25, 0.3) is 0 Å². The number of rotatable bonds is 5. The molecule has 0 fully saturated rings. The highest BCUT2D eigenvalue weighted by Gasteiger charge is 2.12. The first kappa shape index (κ1) is 14.0. The topological polar surface area (TPSA) is 24.9 Å². The van der Waals surface area contributed by atoms with Crippen molar-refractivity contribution in [3.05, 3.63) is 64.4 Å². The Bertz CT molecular complexity index is 505. The summed E-state index contributed by atoms with van der Waals surface area (Å²) in [5.74, 6) is 0. The predicted octanol–water partition coefficient (Wildman–Crippen LogP) is 3.94. The monoisotopic (exact) mass is 274 g/mol. The molecular formula is C16H19ClN2. The zero-order chi connectivity index (χ0) is 13.7. The van der Waals surface area contributed by atoms with Crippen LogP contribution < -0.4 is 5.32 Å². The normalized spacial score (nSPS) is 12.4. The molecule has 0 amide bonds. The van der Waals surface area contributed by atoms with Crippen LogP contribution in [0.2, 0.25) is 5.02 Å². The Kier molecular flexibility index (Phi) is 4.94. The first-order valence-electron chi connectivity index (χ1n) is 6.58. The van der Waals surface area contributed by atoms with E-state index in [1.54, 1.807) is 0 Å². The van der Waals surface area contributed by atoms with Gasteiger partial charge in [0.25, 0.3) is 0 Å². The van der Waals surface area contributed by atoms with Gasteiger partial charge in [-0.25, -0.2) is 0 Å². The number of aryl methyl sites for hydroxylation is 1. The van der Waals surface area contributed by atoms with Crippen LogP contribution in [0.15, 0.2) is 42.7 Å². The number of halogens is 1. The molecule has 1 aromatic carbocycles. The number of hydrogen-bond donors (Lipinski definition) is 1. The Morgan fingerprint density at radius 1 is 1.21 bits per heavy atom. The smallest absolute Gasteiger partial charge is 0.0411 e. The van der Waals surface area contributed by atoms with Gasteiger partial charge in [0.1, 0.15) is 0 Å². The third-order valence-corrected chi connectivity index (χ3v) is 3.32. The molecular weight excluding hydrogens is 256 g/mol. The van der Waals surface area contributed by atoms with Crippen LogP contribution in [0.1, 0.15) is 29.7 Å². The maximum Gasteiger partial charge on any atom is 0.0411 e. The van der Waals surface area contributed by atoms with Crippen LogP contribution in [-0.4, -0.2) is 11.5 Å². The van der Waals surface area contributed by atoms with E-state index in [-0.39, 0.29) is 6.04 Å². The summed E-state index contributed by atoms with van der Waals surface area (Å²) in [6.45, 7) is 5.13. The lowest BCUT2D eigenvalue weighted by molar-refractivity contribution is 0.549. The second-order valence-electron chi connectivity index (χ2n) is 4.73. The molecule has 1 unspecified atom stereocenters. The average Bonchev–Trinajstić information content (AvgIpc) is 2.38. The Hall–Kier alpha value is -1.38. The van der Waals surface area contributed by atoms with Gasteiger partial charge < -0.3 is 5.32 Å². The molecule has 100 valence electrons. The van der Waals surface area contributed by atoms with Gasteiger partial charge in [-0.05, 0) is 60.8 Å². The maximum atomic E-state index is 6.16. The van der Waals surface area contributed by atoms with Crippen molar-refractivity contribution in [2.24, 2.45) is 0 Å². The number of hydrogen-bond acceptors (Lipinski definition) is 2. The molecule has 0 aliphatic heterocycles. The van der Waals surface area contributed by atoms with Crippen LogP contribution in [0.3, 0.4) is 0 Å². The van der Waals surface area contributed by atoms with Crippen LogP contribution in [0.4, 0.5) is 0 Å². The van der Waals surface area contributed by atoms with Crippen molar-refractivity contribution in [2.45, 2.75) is 26.3 Å². The molecule has 1 N–H and O–H groups in total. The first-order valence-corrected chi connectivity index (χ1v) is 6.96. The van der Waals surface area contributed by atoms with Crippen molar-refractivity contribution in [3.63, 3.8) is 0 Å². The van der Waals surface area contributed by atoms with E-state index < -0.39 is 0 Å². The summed E-state index contributed by atoms with van der Waals surface area (Å²) in [6.07, 6.45) is 4.61. The lowest BCUT2D eigenvalue weighted by Gasteiger charge is -2.19. The minimum absolute atomic E-state index is 0.282. The molecule has 0 saturated carbocycles. The van der Waals surface area contributed by atoms with Crippen molar-refractivity contribution < 1.29 is 0 Å². The van der Waals surface area contributed by atoms with E-state index in [2.05, 4.69) is 42.3 Å². The number of aromatic nitrogens is 1. The summed E-state index contributed by atoms with van der Waals surface area (Å²) < 4.78 is 0. The zero-order valence-electron chi connectivity index (χ0n) is 11.4. The van der Waals surface area contributed by atoms with Gasteiger partial charge in [-0.3, -0.25) is 4.98 Å². The molecule has 0 radical (unpaired) electrons. The third-order valence-electron chi connectivity index (χ3n) is 3.11. The molecule has 1 heterocycles. The summed E-state index contributed by atoms with van der Waals surface area (Å²) in [4.78, 5) is 4.06. The first-order chi connectivity index (χ1) is 9.19. The second-order valence-corrected chi connectivity index (χ2v) is 5.17. The van der Waals surface area contributed by atoms with Gasteiger partial charge in [0.05, 0.1) is 0 Å². The van der Waals surface area contributed by atoms with Crippen LogP contribution in [-0.2, 0) is 6.42 Å². The molecule has 0 aliphatic carbocycles. The lowest BCUT2D eigenvalue weighted by Crippen LogP contribution is -2.23. The van der Waals surface area contributed by atoms with Gasteiger partial charge in [-0.1, -0.05) is 24.6 Å². The largest absolute Gasteiger partial charge is 0.310 e. The molecule has 0 saturated heterocycles. The number of benzene rings is 1. The quantitative estimate of drug-likeness (QED) is 0.893. The number of likely N-dealkylation sites (N-methyl/N-ethyl adjacent to an activating group) is 1. The van der Waals surface area contributed by atoms with E-state index in [0.29, 0.717) is 0 Å². The molecule has 0 spiro atoms. The van der Waals surface area contributed by atoms with Crippen LogP contribution in [0.5, 0.6) is 0 Å². The molecule has 2 aromatic rings. The summed E-state index contributed by atoms with van der Waals surface area (Å²) in [5.41, 5.74) is 3.71. The van der Waals surface area contributed by atoms with Crippen LogP contribution >= 0.6 is 11.6 Å². The summed E-state index contributed by atoms with van der Waals surface area (Å²) in [7, 11) is 0. The van der Waals surface area contributed by atoms with Gasteiger partial charge in [0, 0.05) is 23.5 Å². The molecule has 1 aromatic heterocycles. The van der Waals surface area contributed by atoms with Gasteiger partial charge in [0.15, 0.2) is 0 Å². The van der Waals surface area contributed by atoms with E-state index in [9.17, 15) is 0 Å². The average molecular weight is 275 g/mol. The second kappa shape index (κ2) is 6.69. The fraction of sp³-hybridized carbons (Fsp3) is 0.312. The molecule has 0 bridgehead atoms. The fourth-order valence-electron chi connectivity index (χ4n) is 2.27. The summed E-state index contributed by atoms with van der Waals surface area (Å²) >= 11 is 6.16. The molecule has 1 atom stereocenters. The Labute approximate surface area is 119 Å². The van der Waals surface area contributed by atoms with E-state index in [0.717, 1.165) is 18.0 Å². The Balaban J connectivity index is 2.24. The van der Waals surface area contributed by atoms with Crippen molar-refractivity contribution in [1.82, 2.24) is 10.3 Å². The van der Waals surface area contributed by atoms with E-state index in [1.165, 1.54) is 16.7 Å². The predicted molar refractivity (Wildman–Crippen MR) is 80.5 cm³/mol. The number of nitrogens with one attached hydrogen (secondary N) is 1. The third kappa shape index (κ3) is 4.05. The van der Waals surface area contributed by atoms with E-state index in [4.69, 9.17) is 11.6 Å². The van der Waals surface area contributed by atoms with Gasteiger partial charge in [0.2, 0.25) is 0 Å². The molecule has 0 aliphatic rings. The van der Waals surface area contributed by atoms with Gasteiger partial charge in [-0.15, -0.1) is 0 Å². The lowest BCUT2D eigenvalue weighted by atomic mass is 9.98. The highest BCUT2D eigenvalue weighted by atomic mass is 35.5. The Morgan fingerprint density at radius 3 is 2.58 bits per heavy atom. The molecule has 2 nitrogen and oxygen atoms in total. The zero-order valence-corrected chi connectivity index (χ0v) is 12.1. The SMILES string of the molecule is CCNC(Cc1ccncc1)c1cc(C)cc(Cl)c1. The minimum Gasteiger partial charge on any atom is -0.310 e. The maximum absolute atomic E-state index is 6.16. The highest BCUT2D eigenvalue weighted by Crippen LogP contribution is 2.23. The van der Waals surface area contributed by atoms with Crippen molar-refractivity contribution in [2.75, 3.05) is 6.54 Å². The molecule has 2 rings (SSSR count). The standard InChI is InChI=1S/C16H19ClN2/c1-3-19-16(10-13-4-6-18-7-5-13)14-8-12(2)9-15(17)11-14/h4-9,11,16,19H,3,10H2,1-2H3. The van der Waals surface area contributed by atoms with Crippen molar-refractivity contribution in [1.29, 1.82) is 0 Å². The van der Waals surface area contributed by atoms with Crippen molar-refractivity contribution >= 4 is 11.6 Å². The summed E-state index contributed by atoms with van der Waals surface area (Å²) in [6, 6.07) is 10.6. The molecule has 19 heavy (non-hydrogen) atoms. The van der Waals surface area contributed by atoms with Crippen LogP contribution in [0, 0.1) is 6.92 Å². The highest BCUT2D eigenvalue weighted by molar-refractivity contribution is 6.30. The Morgan fingerprint density at radius 2 is 1.95 bits per heavy atom. The number of nitrogens with zero attached hydrogens (tertiary/aromatic N) is 1. The van der Waals surface area contributed by atoms with E-state index >= 15 is 0 Å². The van der Waals surface area contributed by atoms with E-state index in [1.807, 2.05) is 24.5 Å². The fourth-order valence-corrected chi connectivity index (χ4v) is 2.57. The van der Waals surface area contributed by atoms with Gasteiger partial charge >= 0.3 is 0 Å². The minimum atomic E-state index is 0.282. The van der Waals surface area contributed by atoms with Gasteiger partial charge in [-0.2, -0.15) is 0 Å². The van der Waals surface area contributed by atoms with Crippen molar-refractivity contribution in [3.8, 4) is 0 Å².